The third-order valence-electron chi connectivity index (χ3n) is 7.91. The van der Waals surface area contributed by atoms with Crippen molar-refractivity contribution in [1.29, 1.82) is 0 Å². The molecule has 1 aromatic carbocycles. The van der Waals surface area contributed by atoms with Gasteiger partial charge in [-0.1, -0.05) is 11.6 Å². The van der Waals surface area contributed by atoms with Crippen LogP contribution in [0.5, 0.6) is 0 Å². The van der Waals surface area contributed by atoms with Crippen LogP contribution < -0.4 is 5.32 Å². The summed E-state index contributed by atoms with van der Waals surface area (Å²) in [5.41, 5.74) is 3.90. The van der Waals surface area contributed by atoms with E-state index in [0.717, 1.165) is 37.4 Å². The number of imidazole rings is 1. The van der Waals surface area contributed by atoms with Gasteiger partial charge in [-0.3, -0.25) is 0 Å². The van der Waals surface area contributed by atoms with Crippen molar-refractivity contribution in [2.24, 2.45) is 0 Å². The van der Waals surface area contributed by atoms with Crippen molar-refractivity contribution in [2.45, 2.75) is 65.0 Å². The molecule has 7 nitrogen and oxygen atoms in total. The summed E-state index contributed by atoms with van der Waals surface area (Å²) < 4.78 is 31.7. The summed E-state index contributed by atoms with van der Waals surface area (Å²) in [4.78, 5) is 19.6. The van der Waals surface area contributed by atoms with Crippen molar-refractivity contribution in [3.05, 3.63) is 65.3 Å². The summed E-state index contributed by atoms with van der Waals surface area (Å²) in [5, 5.41) is 3.04. The Balaban J connectivity index is 1.36. The Morgan fingerprint density at radius 2 is 1.77 bits per heavy atom. The highest BCUT2D eigenvalue weighted by Gasteiger charge is 2.30. The first kappa shape index (κ1) is 26.9. The average Bonchev–Trinajstić information content (AvgIpc) is 3.24. The lowest BCUT2D eigenvalue weighted by molar-refractivity contribution is 0.135. The van der Waals surface area contributed by atoms with E-state index in [-0.39, 0.29) is 28.7 Å². The Morgan fingerprint density at radius 1 is 1.03 bits per heavy atom. The lowest BCUT2D eigenvalue weighted by Gasteiger charge is -2.40. The second-order valence-electron chi connectivity index (χ2n) is 11.1. The number of aromatic nitrogens is 5. The zero-order chi connectivity index (χ0) is 27.9. The van der Waals surface area contributed by atoms with E-state index in [9.17, 15) is 8.78 Å². The molecule has 1 aliphatic rings. The van der Waals surface area contributed by atoms with E-state index in [1.807, 2.05) is 37.5 Å². The smallest absolute Gasteiger partial charge is 0.229 e. The monoisotopic (exact) mass is 531 g/mol. The molecule has 0 atom stereocenters. The van der Waals surface area contributed by atoms with Crippen molar-refractivity contribution in [3.8, 4) is 11.3 Å². The molecule has 5 rings (SSSR count). The third kappa shape index (κ3) is 5.41. The van der Waals surface area contributed by atoms with Crippen molar-refractivity contribution >= 4 is 28.9 Å². The summed E-state index contributed by atoms with van der Waals surface area (Å²) >= 11 is 0. The van der Waals surface area contributed by atoms with Gasteiger partial charge >= 0.3 is 0 Å². The van der Waals surface area contributed by atoms with E-state index >= 15 is 0 Å². The van der Waals surface area contributed by atoms with Crippen LogP contribution in [0.1, 0.15) is 63.9 Å². The first-order valence-electron chi connectivity index (χ1n) is 13.3. The van der Waals surface area contributed by atoms with Gasteiger partial charge in [0.2, 0.25) is 5.95 Å². The van der Waals surface area contributed by atoms with Crippen molar-refractivity contribution in [3.63, 3.8) is 0 Å². The van der Waals surface area contributed by atoms with Crippen LogP contribution in [0.3, 0.4) is 0 Å². The van der Waals surface area contributed by atoms with Gasteiger partial charge in [-0.25, -0.2) is 28.7 Å². The van der Waals surface area contributed by atoms with Crippen LogP contribution in [0.4, 0.5) is 20.5 Å². The normalized spacial score (nSPS) is 17.8. The lowest BCUT2D eigenvalue weighted by Crippen LogP contribution is -2.43. The first-order valence-corrected chi connectivity index (χ1v) is 13.3. The first-order chi connectivity index (χ1) is 18.5. The third-order valence-corrected chi connectivity index (χ3v) is 7.91. The Kier molecular flexibility index (Phi) is 7.20. The number of nitrogens with one attached hydrogen (secondary N) is 1. The van der Waals surface area contributed by atoms with Gasteiger partial charge in [0.15, 0.2) is 11.6 Å². The number of allylic oxidation sites excluding steroid dienone is 1. The van der Waals surface area contributed by atoms with Crippen LogP contribution >= 0.6 is 0 Å². The standard InChI is InChI=1S/C30H35F2N7/c1-18(2)39-19(3)35-28-23(31)14-22(15-25(28)39)27-24(32)17-34-29(37-27)36-26-8-7-21(16-33-26)13-20-9-11-30(4,12-10-20)38(5)6/h7-8,13-18H,9-12H2,1-6H3,(H,33,34,36,37). The molecule has 0 saturated heterocycles. The molecule has 0 bridgehead atoms. The number of benzene rings is 1. The molecule has 0 spiro atoms. The topological polar surface area (TPSA) is 71.8 Å². The predicted molar refractivity (Wildman–Crippen MR) is 152 cm³/mol. The van der Waals surface area contributed by atoms with Crippen molar-refractivity contribution in [1.82, 2.24) is 29.4 Å². The maximum atomic E-state index is 15.0. The Hall–Kier alpha value is -3.72. The van der Waals surface area contributed by atoms with E-state index in [4.69, 9.17) is 0 Å². The highest BCUT2D eigenvalue weighted by molar-refractivity contribution is 5.83. The molecule has 0 aliphatic heterocycles. The molecular formula is C30H35F2N7. The molecule has 4 aromatic rings. The summed E-state index contributed by atoms with van der Waals surface area (Å²) in [6, 6.07) is 6.90. The number of aryl methyl sites for hydroxylation is 1. The quantitative estimate of drug-likeness (QED) is 0.287. The largest absolute Gasteiger partial charge is 0.326 e. The molecule has 0 radical (unpaired) electrons. The molecule has 1 saturated carbocycles. The van der Waals surface area contributed by atoms with Gasteiger partial charge in [-0.15, -0.1) is 0 Å². The zero-order valence-corrected chi connectivity index (χ0v) is 23.4. The van der Waals surface area contributed by atoms with Gasteiger partial charge in [-0.2, -0.15) is 0 Å². The molecule has 9 heteroatoms. The molecule has 0 unspecified atom stereocenters. The van der Waals surface area contributed by atoms with Gasteiger partial charge in [0, 0.05) is 23.3 Å². The fraction of sp³-hybridized carbons (Fsp3) is 0.400. The molecule has 1 fully saturated rings. The molecule has 1 aliphatic carbocycles. The molecule has 1 N–H and O–H groups in total. The number of hydrogen-bond acceptors (Lipinski definition) is 6. The van der Waals surface area contributed by atoms with Gasteiger partial charge in [0.05, 0.1) is 11.7 Å². The van der Waals surface area contributed by atoms with Gasteiger partial charge in [0.25, 0.3) is 0 Å². The Morgan fingerprint density at radius 3 is 2.41 bits per heavy atom. The Labute approximate surface area is 228 Å². The SMILES string of the molecule is Cc1nc2c(F)cc(-c3nc(Nc4ccc(C=C5CCC(C)(N(C)C)CC5)cn4)ncc3F)cc2n1C(C)C. The van der Waals surface area contributed by atoms with E-state index < -0.39 is 11.6 Å². The zero-order valence-electron chi connectivity index (χ0n) is 23.4. The van der Waals surface area contributed by atoms with Gasteiger partial charge < -0.3 is 14.8 Å². The maximum Gasteiger partial charge on any atom is 0.229 e. The average molecular weight is 532 g/mol. The number of fused-ring (bicyclic) bond motifs is 1. The summed E-state index contributed by atoms with van der Waals surface area (Å²) in [7, 11) is 4.30. The lowest BCUT2D eigenvalue weighted by atomic mass is 9.79. The van der Waals surface area contributed by atoms with E-state index in [1.54, 1.807) is 12.3 Å². The van der Waals surface area contributed by atoms with E-state index in [2.05, 4.69) is 57.2 Å². The maximum absolute atomic E-state index is 15.0. The van der Waals surface area contributed by atoms with Crippen LogP contribution in [0.2, 0.25) is 0 Å². The number of nitrogens with zero attached hydrogens (tertiary/aromatic N) is 6. The minimum absolute atomic E-state index is 0.00540. The molecule has 204 valence electrons. The van der Waals surface area contributed by atoms with Crippen LogP contribution in [0.15, 0.2) is 42.2 Å². The fourth-order valence-corrected chi connectivity index (χ4v) is 5.30. The van der Waals surface area contributed by atoms with E-state index in [0.29, 0.717) is 22.7 Å². The number of halogens is 2. The van der Waals surface area contributed by atoms with Crippen molar-refractivity contribution < 1.29 is 8.78 Å². The van der Waals surface area contributed by atoms with Gasteiger partial charge in [-0.05, 0) is 97.3 Å². The summed E-state index contributed by atoms with van der Waals surface area (Å²) in [6.07, 6.45) is 9.53. The highest BCUT2D eigenvalue weighted by atomic mass is 19.1. The summed E-state index contributed by atoms with van der Waals surface area (Å²) in [6.45, 7) is 8.15. The molecule has 3 aromatic heterocycles. The number of hydrogen-bond donors (Lipinski definition) is 1. The molecular weight excluding hydrogens is 496 g/mol. The Bertz CT molecular complexity index is 1530. The predicted octanol–water partition coefficient (Wildman–Crippen LogP) is 7.08. The number of anilines is 2. The van der Waals surface area contributed by atoms with E-state index in [1.165, 1.54) is 11.6 Å². The minimum Gasteiger partial charge on any atom is -0.326 e. The second-order valence-corrected chi connectivity index (χ2v) is 11.1. The second kappa shape index (κ2) is 10.4. The minimum atomic E-state index is -0.639. The van der Waals surface area contributed by atoms with Crippen LogP contribution in [-0.2, 0) is 0 Å². The summed E-state index contributed by atoms with van der Waals surface area (Å²) in [5.74, 6) is 0.248. The van der Waals surface area contributed by atoms with Gasteiger partial charge in [0.1, 0.15) is 22.9 Å². The van der Waals surface area contributed by atoms with Crippen LogP contribution in [-0.4, -0.2) is 49.0 Å². The number of rotatable bonds is 6. The van der Waals surface area contributed by atoms with Crippen LogP contribution in [0.25, 0.3) is 28.4 Å². The molecule has 39 heavy (non-hydrogen) atoms. The van der Waals surface area contributed by atoms with Crippen LogP contribution in [0, 0.1) is 18.6 Å². The highest BCUT2D eigenvalue weighted by Crippen LogP contribution is 2.35. The molecule has 0 amide bonds. The molecule has 3 heterocycles. The fourth-order valence-electron chi connectivity index (χ4n) is 5.30. The number of pyridine rings is 1. The van der Waals surface area contributed by atoms with Crippen molar-refractivity contribution in [2.75, 3.05) is 19.4 Å².